The van der Waals surface area contributed by atoms with E-state index in [4.69, 9.17) is 5.26 Å². The van der Waals surface area contributed by atoms with Crippen LogP contribution >= 0.6 is 0 Å². The van der Waals surface area contributed by atoms with Gasteiger partial charge in [0.1, 0.15) is 0 Å². The van der Waals surface area contributed by atoms with Gasteiger partial charge in [0.15, 0.2) is 0 Å². The molecule has 13 heavy (non-hydrogen) atoms. The van der Waals surface area contributed by atoms with Crippen LogP contribution in [-0.2, 0) is 0 Å². The first kappa shape index (κ1) is 9.70. The average Bonchev–Trinajstić information content (AvgIpc) is 2.19. The molecule has 0 N–H and O–H groups in total. The van der Waals surface area contributed by atoms with Crippen LogP contribution in [0.5, 0.6) is 0 Å². The third-order valence-corrected chi connectivity index (χ3v) is 2.37. The second-order valence-electron chi connectivity index (χ2n) is 3.32. The Bertz CT molecular complexity index is 305. The lowest BCUT2D eigenvalue weighted by Gasteiger charge is -2.19. The molecule has 1 aliphatic rings. The maximum Gasteiger partial charge on any atom is 0.0655 e. The molecule has 0 bridgehead atoms. The molecule has 0 radical (unpaired) electrons. The van der Waals surface area contributed by atoms with E-state index in [0.717, 1.165) is 25.7 Å². The van der Waals surface area contributed by atoms with Crippen LogP contribution in [0.2, 0.25) is 0 Å². The first-order valence-electron chi connectivity index (χ1n) is 4.68. The van der Waals surface area contributed by atoms with E-state index in [0.29, 0.717) is 5.92 Å². The highest BCUT2D eigenvalue weighted by Gasteiger charge is 2.18. The minimum atomic E-state index is 0.273. The molecule has 0 aliphatic heterocycles. The molecular formula is C12H13N. The van der Waals surface area contributed by atoms with Crippen molar-refractivity contribution in [3.63, 3.8) is 0 Å². The molecule has 0 atom stereocenters. The van der Waals surface area contributed by atoms with Gasteiger partial charge in [0.05, 0.1) is 6.07 Å². The van der Waals surface area contributed by atoms with Crippen LogP contribution in [0, 0.1) is 46.8 Å². The number of nitriles is 1. The maximum atomic E-state index is 8.68. The largest absolute Gasteiger partial charge is 0.198 e. The van der Waals surface area contributed by atoms with Gasteiger partial charge in [-0.3, -0.25) is 0 Å². The SMILES string of the molecule is CC#CC#CC1CCC(C#N)CC1. The Morgan fingerprint density at radius 2 is 1.62 bits per heavy atom. The fourth-order valence-electron chi connectivity index (χ4n) is 1.57. The fourth-order valence-corrected chi connectivity index (χ4v) is 1.57. The normalized spacial score (nSPS) is 25.8. The zero-order valence-electron chi connectivity index (χ0n) is 7.93. The molecule has 1 heteroatoms. The van der Waals surface area contributed by atoms with Crippen molar-refractivity contribution in [2.45, 2.75) is 32.6 Å². The number of hydrogen-bond acceptors (Lipinski definition) is 1. The van der Waals surface area contributed by atoms with Gasteiger partial charge in [-0.15, -0.1) is 0 Å². The molecule has 0 heterocycles. The highest BCUT2D eigenvalue weighted by Crippen LogP contribution is 2.27. The van der Waals surface area contributed by atoms with E-state index < -0.39 is 0 Å². The van der Waals surface area contributed by atoms with Gasteiger partial charge in [-0.2, -0.15) is 5.26 Å². The van der Waals surface area contributed by atoms with Gasteiger partial charge in [0.2, 0.25) is 0 Å². The van der Waals surface area contributed by atoms with E-state index in [9.17, 15) is 0 Å². The van der Waals surface area contributed by atoms with Crippen molar-refractivity contribution in [2.24, 2.45) is 11.8 Å². The highest BCUT2D eigenvalue weighted by atomic mass is 14.3. The molecule has 0 amide bonds. The van der Waals surface area contributed by atoms with Crippen molar-refractivity contribution in [2.75, 3.05) is 0 Å². The fraction of sp³-hybridized carbons (Fsp3) is 0.583. The predicted octanol–water partition coefficient (Wildman–Crippen LogP) is 2.34. The maximum absolute atomic E-state index is 8.68. The summed E-state index contributed by atoms with van der Waals surface area (Å²) in [5, 5.41) is 8.68. The van der Waals surface area contributed by atoms with Crippen LogP contribution in [0.4, 0.5) is 0 Å². The van der Waals surface area contributed by atoms with Gasteiger partial charge in [-0.05, 0) is 44.4 Å². The third kappa shape index (κ3) is 3.23. The Balaban J connectivity index is 2.38. The summed E-state index contributed by atoms with van der Waals surface area (Å²) in [7, 11) is 0. The van der Waals surface area contributed by atoms with Crippen LogP contribution in [0.3, 0.4) is 0 Å². The molecule has 1 fully saturated rings. The monoisotopic (exact) mass is 171 g/mol. The minimum absolute atomic E-state index is 0.273. The smallest absolute Gasteiger partial charge is 0.0655 e. The van der Waals surface area contributed by atoms with E-state index in [1.807, 2.05) is 0 Å². The van der Waals surface area contributed by atoms with Crippen molar-refractivity contribution in [3.05, 3.63) is 0 Å². The number of rotatable bonds is 0. The Kier molecular flexibility index (Phi) is 3.95. The molecule has 1 aliphatic carbocycles. The summed E-state index contributed by atoms with van der Waals surface area (Å²) >= 11 is 0. The summed E-state index contributed by atoms with van der Waals surface area (Å²) in [6.45, 7) is 1.79. The van der Waals surface area contributed by atoms with Crippen LogP contribution in [0.25, 0.3) is 0 Å². The van der Waals surface area contributed by atoms with E-state index >= 15 is 0 Å². The lowest BCUT2D eigenvalue weighted by Crippen LogP contribution is -2.11. The summed E-state index contributed by atoms with van der Waals surface area (Å²) in [5.74, 6) is 12.2. The van der Waals surface area contributed by atoms with Crippen LogP contribution < -0.4 is 0 Å². The van der Waals surface area contributed by atoms with E-state index in [-0.39, 0.29) is 5.92 Å². The molecule has 0 saturated heterocycles. The second-order valence-corrected chi connectivity index (χ2v) is 3.32. The molecule has 1 nitrogen and oxygen atoms in total. The average molecular weight is 171 g/mol. The number of nitrogens with zero attached hydrogens (tertiary/aromatic N) is 1. The van der Waals surface area contributed by atoms with Gasteiger partial charge in [0, 0.05) is 11.8 Å². The zero-order valence-corrected chi connectivity index (χ0v) is 7.93. The van der Waals surface area contributed by atoms with Crippen LogP contribution in [0.1, 0.15) is 32.6 Å². The lowest BCUT2D eigenvalue weighted by atomic mass is 9.83. The number of hydrogen-bond donors (Lipinski definition) is 0. The minimum Gasteiger partial charge on any atom is -0.198 e. The Labute approximate surface area is 80.1 Å². The van der Waals surface area contributed by atoms with Gasteiger partial charge < -0.3 is 0 Å². The summed E-state index contributed by atoms with van der Waals surface area (Å²) in [4.78, 5) is 0. The first-order valence-corrected chi connectivity index (χ1v) is 4.68. The zero-order chi connectivity index (χ0) is 9.52. The Hall–Kier alpha value is -1.39. The second kappa shape index (κ2) is 5.29. The van der Waals surface area contributed by atoms with Crippen molar-refractivity contribution >= 4 is 0 Å². The summed E-state index contributed by atoms with van der Waals surface area (Å²) in [5.41, 5.74) is 0. The molecule has 0 spiro atoms. The molecule has 0 aromatic rings. The van der Waals surface area contributed by atoms with E-state index in [1.54, 1.807) is 6.92 Å². The van der Waals surface area contributed by atoms with Crippen LogP contribution in [-0.4, -0.2) is 0 Å². The highest BCUT2D eigenvalue weighted by molar-refractivity contribution is 5.26. The molecule has 0 aromatic carbocycles. The van der Waals surface area contributed by atoms with Crippen molar-refractivity contribution < 1.29 is 0 Å². The molecular weight excluding hydrogens is 158 g/mol. The standard InChI is InChI=1S/C12H13N/c1-2-3-4-5-11-6-8-12(10-13)9-7-11/h11-12H,6-9H2,1H3. The molecule has 1 saturated carbocycles. The van der Waals surface area contributed by atoms with Crippen molar-refractivity contribution in [3.8, 4) is 29.8 Å². The molecule has 66 valence electrons. The summed E-state index contributed by atoms with van der Waals surface area (Å²) in [6, 6.07) is 2.32. The molecule has 0 unspecified atom stereocenters. The van der Waals surface area contributed by atoms with Gasteiger partial charge in [-0.1, -0.05) is 11.8 Å². The third-order valence-electron chi connectivity index (χ3n) is 2.37. The van der Waals surface area contributed by atoms with Gasteiger partial charge in [-0.25, -0.2) is 0 Å². The predicted molar refractivity (Wildman–Crippen MR) is 52.3 cm³/mol. The molecule has 0 aromatic heterocycles. The van der Waals surface area contributed by atoms with Crippen molar-refractivity contribution in [1.29, 1.82) is 5.26 Å². The topological polar surface area (TPSA) is 23.8 Å². The lowest BCUT2D eigenvalue weighted by molar-refractivity contribution is 0.371. The Morgan fingerprint density at radius 1 is 1.00 bits per heavy atom. The van der Waals surface area contributed by atoms with Crippen LogP contribution in [0.15, 0.2) is 0 Å². The molecule has 1 rings (SSSR count). The summed E-state index contributed by atoms with van der Waals surface area (Å²) in [6.07, 6.45) is 4.15. The Morgan fingerprint density at radius 3 is 2.15 bits per heavy atom. The quantitative estimate of drug-likeness (QED) is 0.513. The first-order chi connectivity index (χ1) is 6.36. The van der Waals surface area contributed by atoms with Crippen molar-refractivity contribution in [1.82, 2.24) is 0 Å². The van der Waals surface area contributed by atoms with Gasteiger partial charge >= 0.3 is 0 Å². The summed E-state index contributed by atoms with van der Waals surface area (Å²) < 4.78 is 0. The van der Waals surface area contributed by atoms with Gasteiger partial charge in [0.25, 0.3) is 0 Å². The van der Waals surface area contributed by atoms with E-state index in [2.05, 4.69) is 29.8 Å². The van der Waals surface area contributed by atoms with E-state index in [1.165, 1.54) is 0 Å².